The van der Waals surface area contributed by atoms with Gasteiger partial charge in [-0.05, 0) is 42.5 Å². The molecule has 0 bridgehead atoms. The summed E-state index contributed by atoms with van der Waals surface area (Å²) in [7, 11) is 0. The first-order valence-electron chi connectivity index (χ1n) is 6.74. The molecule has 24 heavy (non-hydrogen) atoms. The van der Waals surface area contributed by atoms with E-state index in [-0.39, 0.29) is 4.91 Å². The Morgan fingerprint density at radius 1 is 1.33 bits per heavy atom. The third-order valence-electron chi connectivity index (χ3n) is 2.98. The Labute approximate surface area is 140 Å². The highest BCUT2D eigenvalue weighted by atomic mass is 32.2. The maximum atomic E-state index is 12.1. The average molecular weight is 351 g/mol. The summed E-state index contributed by atoms with van der Waals surface area (Å²) in [6.45, 7) is 0.688. The van der Waals surface area contributed by atoms with Crippen molar-refractivity contribution in [3.63, 3.8) is 0 Å². The summed E-state index contributed by atoms with van der Waals surface area (Å²) in [4.78, 5) is 45.9. The molecule has 2 amide bonds. The first-order chi connectivity index (χ1) is 11.3. The third kappa shape index (κ3) is 4.13. The topological polar surface area (TPSA) is 121 Å². The predicted molar refractivity (Wildman–Crippen MR) is 84.5 cm³/mol. The fourth-order valence-corrected chi connectivity index (χ4v) is 2.69. The smallest absolute Gasteiger partial charge is 0.344 e. The number of thioether (sulfide) groups is 1. The van der Waals surface area contributed by atoms with Crippen LogP contribution in [0.1, 0.15) is 12.5 Å². The van der Waals surface area contributed by atoms with Crippen molar-refractivity contribution >= 4 is 40.9 Å². The van der Waals surface area contributed by atoms with E-state index in [1.807, 2.05) is 0 Å². The Balaban J connectivity index is 2.19. The molecule has 2 N–H and O–H groups in total. The van der Waals surface area contributed by atoms with Crippen molar-refractivity contribution in [2.24, 2.45) is 0 Å². The quantitative estimate of drug-likeness (QED) is 0.742. The lowest BCUT2D eigenvalue weighted by Gasteiger charge is -2.10. The second-order valence-electron chi connectivity index (χ2n) is 4.83. The molecule has 0 saturated carbocycles. The van der Waals surface area contributed by atoms with Gasteiger partial charge in [0.1, 0.15) is 12.3 Å². The summed E-state index contributed by atoms with van der Waals surface area (Å²) < 4.78 is 5.23. The van der Waals surface area contributed by atoms with E-state index in [0.29, 0.717) is 28.0 Å². The normalized spacial score (nSPS) is 17.2. The second-order valence-corrected chi connectivity index (χ2v) is 5.83. The first-order valence-corrected chi connectivity index (χ1v) is 7.56. The number of carboxylic acid groups (broad SMARTS) is 2. The number of hydrogen-bond acceptors (Lipinski definition) is 6. The summed E-state index contributed by atoms with van der Waals surface area (Å²) in [5.74, 6) is -2.78. The van der Waals surface area contributed by atoms with E-state index in [0.717, 1.165) is 0 Å². The Bertz CT molecular complexity index is 743. The van der Waals surface area contributed by atoms with Gasteiger partial charge in [-0.25, -0.2) is 4.79 Å². The maximum Gasteiger partial charge on any atom is 0.344 e. The predicted octanol–water partition coefficient (Wildman–Crippen LogP) is 1.66. The SMILES string of the molecule is CC(Oc1cccc(/C=C2\SC(=O)N(CC(=O)O)C2=O)c1)C(=O)O. The van der Waals surface area contributed by atoms with Crippen LogP contribution in [0.2, 0.25) is 0 Å². The number of hydrogen-bond donors (Lipinski definition) is 2. The molecule has 1 heterocycles. The van der Waals surface area contributed by atoms with Gasteiger partial charge in [-0.15, -0.1) is 0 Å². The van der Waals surface area contributed by atoms with Gasteiger partial charge in [-0.3, -0.25) is 19.3 Å². The molecular formula is C15H13NO7S. The summed E-state index contributed by atoms with van der Waals surface area (Å²) in [5.41, 5.74) is 0.519. The van der Waals surface area contributed by atoms with E-state index in [1.165, 1.54) is 19.1 Å². The van der Waals surface area contributed by atoms with Crippen LogP contribution >= 0.6 is 11.8 Å². The van der Waals surface area contributed by atoms with Gasteiger partial charge >= 0.3 is 11.9 Å². The molecule has 126 valence electrons. The number of ether oxygens (including phenoxy) is 1. The molecule has 1 saturated heterocycles. The number of amides is 2. The third-order valence-corrected chi connectivity index (χ3v) is 3.89. The van der Waals surface area contributed by atoms with Crippen LogP contribution in [0, 0.1) is 0 Å². The zero-order valence-corrected chi connectivity index (χ0v) is 13.3. The van der Waals surface area contributed by atoms with Crippen LogP contribution in [0.4, 0.5) is 4.79 Å². The van der Waals surface area contributed by atoms with Gasteiger partial charge in [0.2, 0.25) is 0 Å². The lowest BCUT2D eigenvalue weighted by molar-refractivity contribution is -0.144. The lowest BCUT2D eigenvalue weighted by atomic mass is 10.2. The van der Waals surface area contributed by atoms with E-state index < -0.39 is 35.7 Å². The number of aliphatic carboxylic acids is 2. The van der Waals surface area contributed by atoms with Crippen molar-refractivity contribution in [3.05, 3.63) is 34.7 Å². The number of benzene rings is 1. The zero-order valence-electron chi connectivity index (χ0n) is 12.5. The van der Waals surface area contributed by atoms with Gasteiger partial charge in [0, 0.05) is 0 Å². The van der Waals surface area contributed by atoms with Crippen LogP contribution in [0.25, 0.3) is 6.08 Å². The average Bonchev–Trinajstić information content (AvgIpc) is 2.74. The Morgan fingerprint density at radius 2 is 2.04 bits per heavy atom. The van der Waals surface area contributed by atoms with Crippen molar-refractivity contribution in [2.75, 3.05) is 6.54 Å². The molecule has 0 spiro atoms. The van der Waals surface area contributed by atoms with Gasteiger partial charge in [-0.1, -0.05) is 12.1 Å². The monoisotopic (exact) mass is 351 g/mol. The minimum atomic E-state index is -1.28. The van der Waals surface area contributed by atoms with Crippen LogP contribution < -0.4 is 4.74 Å². The highest BCUT2D eigenvalue weighted by molar-refractivity contribution is 8.18. The summed E-state index contributed by atoms with van der Waals surface area (Å²) in [6, 6.07) is 6.33. The summed E-state index contributed by atoms with van der Waals surface area (Å²) in [5, 5.41) is 16.9. The summed E-state index contributed by atoms with van der Waals surface area (Å²) in [6.07, 6.45) is 0.383. The highest BCUT2D eigenvalue weighted by Gasteiger charge is 2.36. The number of rotatable bonds is 6. The van der Waals surface area contributed by atoms with E-state index in [4.69, 9.17) is 14.9 Å². The molecule has 9 heteroatoms. The second kappa shape index (κ2) is 7.18. The molecule has 1 unspecified atom stereocenters. The van der Waals surface area contributed by atoms with Crippen LogP contribution in [0.5, 0.6) is 5.75 Å². The molecule has 1 fully saturated rings. The number of nitrogens with zero attached hydrogens (tertiary/aromatic N) is 1. The number of carbonyl (C=O) groups is 4. The molecule has 1 aromatic rings. The van der Waals surface area contributed by atoms with E-state index >= 15 is 0 Å². The van der Waals surface area contributed by atoms with E-state index in [2.05, 4.69) is 0 Å². The minimum absolute atomic E-state index is 0.0877. The molecule has 0 radical (unpaired) electrons. The fraction of sp³-hybridized carbons (Fsp3) is 0.200. The van der Waals surface area contributed by atoms with Crippen LogP contribution in [-0.4, -0.2) is 50.8 Å². The molecule has 1 aromatic carbocycles. The first kappa shape index (κ1) is 17.5. The number of carboxylic acids is 2. The minimum Gasteiger partial charge on any atom is -0.480 e. The Morgan fingerprint density at radius 3 is 2.67 bits per heavy atom. The molecule has 0 aliphatic carbocycles. The molecule has 1 aliphatic rings. The molecular weight excluding hydrogens is 338 g/mol. The zero-order chi connectivity index (χ0) is 17.9. The van der Waals surface area contributed by atoms with Gasteiger partial charge in [0.05, 0.1) is 4.91 Å². The van der Waals surface area contributed by atoms with Gasteiger partial charge in [0.15, 0.2) is 6.10 Å². The Hall–Kier alpha value is -2.81. The van der Waals surface area contributed by atoms with Crippen molar-refractivity contribution in [1.82, 2.24) is 4.90 Å². The molecule has 1 atom stereocenters. The summed E-state index contributed by atoms with van der Waals surface area (Å²) >= 11 is 0.644. The Kier molecular flexibility index (Phi) is 5.24. The number of carbonyl (C=O) groups excluding carboxylic acids is 2. The van der Waals surface area contributed by atoms with Crippen molar-refractivity contribution in [3.8, 4) is 5.75 Å². The molecule has 2 rings (SSSR count). The van der Waals surface area contributed by atoms with Crippen molar-refractivity contribution in [2.45, 2.75) is 13.0 Å². The number of imide groups is 1. The van der Waals surface area contributed by atoms with E-state index in [9.17, 15) is 19.2 Å². The van der Waals surface area contributed by atoms with Gasteiger partial charge < -0.3 is 14.9 Å². The van der Waals surface area contributed by atoms with E-state index in [1.54, 1.807) is 18.2 Å². The maximum absolute atomic E-state index is 12.1. The standard InChI is InChI=1S/C15H13NO7S/c1-8(14(20)21)23-10-4-2-3-9(5-10)6-11-13(19)16(7-12(17)18)15(22)24-11/h2-6,8H,7H2,1H3,(H,17,18)(H,20,21)/b11-6-. The highest BCUT2D eigenvalue weighted by Crippen LogP contribution is 2.32. The molecule has 0 aromatic heterocycles. The van der Waals surface area contributed by atoms with Gasteiger partial charge in [-0.2, -0.15) is 0 Å². The molecule has 8 nitrogen and oxygen atoms in total. The van der Waals surface area contributed by atoms with Crippen molar-refractivity contribution in [1.29, 1.82) is 0 Å². The van der Waals surface area contributed by atoms with Gasteiger partial charge in [0.25, 0.3) is 11.1 Å². The fourth-order valence-electron chi connectivity index (χ4n) is 1.86. The lowest BCUT2D eigenvalue weighted by Crippen LogP contribution is -2.33. The van der Waals surface area contributed by atoms with Crippen LogP contribution in [0.3, 0.4) is 0 Å². The molecule has 1 aliphatic heterocycles. The van der Waals surface area contributed by atoms with Crippen molar-refractivity contribution < 1.29 is 34.1 Å². The van der Waals surface area contributed by atoms with Crippen LogP contribution in [0.15, 0.2) is 29.2 Å². The van der Waals surface area contributed by atoms with Crippen LogP contribution in [-0.2, 0) is 14.4 Å². The largest absolute Gasteiger partial charge is 0.480 e.